The Morgan fingerprint density at radius 2 is 2.02 bits per heavy atom. The maximum Gasteiger partial charge on any atom is 0.264 e. The molecule has 1 fully saturated rings. The van der Waals surface area contributed by atoms with Gasteiger partial charge >= 0.3 is 0 Å². The second-order valence-corrected chi connectivity index (χ2v) is 16.0. The molecule has 2 aliphatic carbocycles. The number of allylic oxidation sites excluding steroid dienone is 1. The van der Waals surface area contributed by atoms with Gasteiger partial charge in [-0.3, -0.25) is 4.79 Å². The van der Waals surface area contributed by atoms with Gasteiger partial charge in [-0.05, 0) is 111 Å². The molecule has 1 spiro atoms. The Balaban J connectivity index is 1.41. The fourth-order valence-electron chi connectivity index (χ4n) is 7.60. The molecule has 2 heterocycles. The molecule has 8 nitrogen and oxygen atoms in total. The second kappa shape index (κ2) is 13.3. The maximum absolute atomic E-state index is 13.4. The van der Waals surface area contributed by atoms with Crippen LogP contribution >= 0.6 is 11.6 Å². The molecule has 0 aromatic heterocycles. The van der Waals surface area contributed by atoms with Gasteiger partial charge in [0, 0.05) is 42.3 Å². The average molecular weight is 657 g/mol. The van der Waals surface area contributed by atoms with Gasteiger partial charge in [0.05, 0.1) is 23.6 Å². The van der Waals surface area contributed by atoms with Gasteiger partial charge in [-0.25, -0.2) is 13.1 Å². The monoisotopic (exact) mass is 656 g/mol. The Kier molecular flexibility index (Phi) is 9.53. The number of nitrogens with zero attached hydrogens (tertiary/aromatic N) is 1. The summed E-state index contributed by atoms with van der Waals surface area (Å²) in [6, 6.07) is 11.5. The molecule has 0 unspecified atom stereocenters. The van der Waals surface area contributed by atoms with Crippen molar-refractivity contribution in [1.82, 2.24) is 4.72 Å². The SMILES string of the molecule is C[C@@H]1[C@@H](C)C/C=C/[C@H](OCCCO)[C@@H]2CC[C@H]2CN2C[C@@]3(CCCc4cc(Cl)ccc43)COc3ccc(cc32)C(=O)NS1(=O)=O. The number of anilines is 1. The maximum atomic E-state index is 13.4. The minimum atomic E-state index is -3.92. The van der Waals surface area contributed by atoms with E-state index in [1.807, 2.05) is 25.1 Å². The van der Waals surface area contributed by atoms with E-state index in [-0.39, 0.29) is 30.0 Å². The van der Waals surface area contributed by atoms with Crippen LogP contribution in [0.2, 0.25) is 5.02 Å². The molecule has 10 heteroatoms. The number of amides is 1. The number of halogens is 1. The highest BCUT2D eigenvalue weighted by molar-refractivity contribution is 7.90. The lowest BCUT2D eigenvalue weighted by Gasteiger charge is -2.46. The topological polar surface area (TPSA) is 105 Å². The summed E-state index contributed by atoms with van der Waals surface area (Å²) in [6.45, 7) is 6.05. The highest BCUT2D eigenvalue weighted by Crippen LogP contribution is 2.47. The van der Waals surface area contributed by atoms with E-state index in [9.17, 15) is 18.3 Å². The first-order valence-corrected chi connectivity index (χ1v) is 18.3. The third-order valence-corrected chi connectivity index (χ3v) is 12.8. The van der Waals surface area contributed by atoms with Crippen LogP contribution in [-0.4, -0.2) is 63.7 Å². The van der Waals surface area contributed by atoms with Gasteiger partial charge in [0.1, 0.15) is 5.75 Å². The van der Waals surface area contributed by atoms with E-state index >= 15 is 0 Å². The van der Waals surface area contributed by atoms with Crippen LogP contribution < -0.4 is 14.4 Å². The van der Waals surface area contributed by atoms with Crippen LogP contribution in [0.4, 0.5) is 5.69 Å². The van der Waals surface area contributed by atoms with Gasteiger partial charge in [0.15, 0.2) is 0 Å². The molecule has 4 aliphatic rings. The summed E-state index contributed by atoms with van der Waals surface area (Å²) < 4.78 is 41.9. The molecule has 2 aromatic rings. The van der Waals surface area contributed by atoms with Crippen molar-refractivity contribution in [3.8, 4) is 5.75 Å². The van der Waals surface area contributed by atoms with Crippen molar-refractivity contribution in [2.75, 3.05) is 37.8 Å². The number of sulfonamides is 1. The number of carbonyl (C=O) groups excluding carboxylic acids is 1. The molecule has 1 amide bonds. The third kappa shape index (κ3) is 6.64. The average Bonchev–Trinajstić information content (AvgIpc) is 3.15. The van der Waals surface area contributed by atoms with Gasteiger partial charge in [0.25, 0.3) is 5.91 Å². The zero-order valence-corrected chi connectivity index (χ0v) is 27.8. The van der Waals surface area contributed by atoms with Crippen molar-refractivity contribution >= 4 is 33.2 Å². The normalized spacial score (nSPS) is 31.9. The van der Waals surface area contributed by atoms with Crippen molar-refractivity contribution in [2.45, 2.75) is 75.6 Å². The molecule has 2 aliphatic heterocycles. The lowest BCUT2D eigenvalue weighted by atomic mass is 9.68. The second-order valence-electron chi connectivity index (χ2n) is 13.5. The molecule has 2 aromatic carbocycles. The zero-order chi connectivity index (χ0) is 31.8. The lowest BCUT2D eigenvalue weighted by molar-refractivity contribution is -0.0180. The summed E-state index contributed by atoms with van der Waals surface area (Å²) in [4.78, 5) is 15.8. The molecule has 6 rings (SSSR count). The number of fused-ring (bicyclic) bond motifs is 4. The van der Waals surface area contributed by atoms with E-state index in [1.165, 1.54) is 11.1 Å². The summed E-state index contributed by atoms with van der Waals surface area (Å²) in [5.41, 5.74) is 3.37. The minimum Gasteiger partial charge on any atom is -0.490 e. The van der Waals surface area contributed by atoms with E-state index in [2.05, 4.69) is 27.8 Å². The predicted molar refractivity (Wildman–Crippen MR) is 177 cm³/mol. The van der Waals surface area contributed by atoms with Crippen molar-refractivity contribution in [3.05, 3.63) is 70.3 Å². The Morgan fingerprint density at radius 1 is 1.18 bits per heavy atom. The number of hydrogen-bond acceptors (Lipinski definition) is 7. The molecule has 1 saturated carbocycles. The molecule has 45 heavy (non-hydrogen) atoms. The molecule has 6 atom stereocenters. The fraction of sp³-hybridized carbons (Fsp3) is 0.571. The number of aliphatic hydroxyl groups is 1. The zero-order valence-electron chi connectivity index (χ0n) is 26.2. The van der Waals surface area contributed by atoms with Crippen molar-refractivity contribution < 1.29 is 27.8 Å². The Hall–Kier alpha value is -2.59. The molecule has 244 valence electrons. The van der Waals surface area contributed by atoms with Gasteiger partial charge in [-0.1, -0.05) is 36.7 Å². The van der Waals surface area contributed by atoms with Crippen LogP contribution in [-0.2, 0) is 26.6 Å². The van der Waals surface area contributed by atoms with Crippen molar-refractivity contribution in [3.63, 3.8) is 0 Å². The molecule has 2 bridgehead atoms. The Labute approximate surface area is 272 Å². The Bertz CT molecular complexity index is 1550. The highest BCUT2D eigenvalue weighted by atomic mass is 35.5. The van der Waals surface area contributed by atoms with E-state index in [0.29, 0.717) is 49.8 Å². The standard InChI is InChI=1S/C35H45ClN2O6S/c1-23-6-3-8-32(43-17-5-16-39)29-12-9-27(29)20-38-21-35(15-4-7-25-18-28(36)11-13-30(25)35)22-44-33-14-10-26(19-31(33)38)34(40)37-45(41,42)24(23)2/h3,8,10-11,13-14,18-19,23-24,27,29,32,39H,4-7,9,12,15-17,20-22H2,1-2H3,(H,37,40)/b8-3+/t23-,24+,27-,29+,32-,35-/m0/s1. The summed E-state index contributed by atoms with van der Waals surface area (Å²) in [5, 5.41) is 9.37. The van der Waals surface area contributed by atoms with Crippen LogP contribution in [0, 0.1) is 17.8 Å². The van der Waals surface area contributed by atoms with Crippen LogP contribution in [0.5, 0.6) is 5.75 Å². The number of rotatable bonds is 4. The number of ether oxygens (including phenoxy) is 2. The quantitative estimate of drug-likeness (QED) is 0.324. The first-order valence-electron chi connectivity index (χ1n) is 16.4. The minimum absolute atomic E-state index is 0.0737. The van der Waals surface area contributed by atoms with E-state index < -0.39 is 21.2 Å². The van der Waals surface area contributed by atoms with Crippen molar-refractivity contribution in [2.24, 2.45) is 17.8 Å². The first-order chi connectivity index (χ1) is 21.6. The van der Waals surface area contributed by atoms with Crippen LogP contribution in [0.1, 0.15) is 73.9 Å². The number of aryl methyl sites for hydroxylation is 1. The number of nitrogens with one attached hydrogen (secondary N) is 1. The van der Waals surface area contributed by atoms with Crippen molar-refractivity contribution in [1.29, 1.82) is 0 Å². The fourth-order valence-corrected chi connectivity index (χ4v) is 9.08. The number of benzene rings is 2. The molecular weight excluding hydrogens is 612 g/mol. The summed E-state index contributed by atoms with van der Waals surface area (Å²) in [7, 11) is -3.92. The van der Waals surface area contributed by atoms with Crippen LogP contribution in [0.3, 0.4) is 0 Å². The number of aliphatic hydroxyl groups excluding tert-OH is 1. The lowest BCUT2D eigenvalue weighted by Crippen LogP contribution is -2.49. The van der Waals surface area contributed by atoms with Gasteiger partial charge in [0.2, 0.25) is 10.0 Å². The molecular formula is C35H45ClN2O6S. The first kappa shape index (κ1) is 32.4. The van der Waals surface area contributed by atoms with Gasteiger partial charge in [-0.2, -0.15) is 0 Å². The van der Waals surface area contributed by atoms with Gasteiger partial charge in [-0.15, -0.1) is 0 Å². The van der Waals surface area contributed by atoms with Crippen LogP contribution in [0.15, 0.2) is 48.6 Å². The highest BCUT2D eigenvalue weighted by Gasteiger charge is 2.44. The van der Waals surface area contributed by atoms with E-state index in [1.54, 1.807) is 19.1 Å². The summed E-state index contributed by atoms with van der Waals surface area (Å²) >= 11 is 6.42. The molecule has 2 N–H and O–H groups in total. The predicted octanol–water partition coefficient (Wildman–Crippen LogP) is 5.65. The van der Waals surface area contributed by atoms with E-state index in [4.69, 9.17) is 21.1 Å². The molecule has 0 radical (unpaired) electrons. The molecule has 0 saturated heterocycles. The largest absolute Gasteiger partial charge is 0.490 e. The third-order valence-electron chi connectivity index (χ3n) is 10.6. The summed E-state index contributed by atoms with van der Waals surface area (Å²) in [5.74, 6) is 0.496. The Morgan fingerprint density at radius 3 is 2.80 bits per heavy atom. The smallest absolute Gasteiger partial charge is 0.264 e. The number of carbonyl (C=O) groups is 1. The summed E-state index contributed by atoms with van der Waals surface area (Å²) in [6.07, 6.45) is 10.2. The van der Waals surface area contributed by atoms with Gasteiger partial charge < -0.3 is 19.5 Å². The number of hydrogen-bond donors (Lipinski definition) is 2. The van der Waals surface area contributed by atoms with E-state index in [0.717, 1.165) is 49.4 Å². The van der Waals surface area contributed by atoms with Crippen LogP contribution in [0.25, 0.3) is 0 Å².